The topological polar surface area (TPSA) is 75.0 Å². The Morgan fingerprint density at radius 3 is 2.71 bits per heavy atom. The van der Waals surface area contributed by atoms with Gasteiger partial charge in [-0.05, 0) is 47.1 Å². The highest BCUT2D eigenvalue weighted by Gasteiger charge is 2.36. The molecular weight excluding hydrogens is 471 g/mol. The standard InChI is InChI=1S/C19H32N6O2.HI/c1-14-11-15(2)25(22-14)8-6-7-20-17-21-12-16-13-23(9-10-24(16)17)18(26)27-19(3,4)5;/h11,16H,6-10,12-13H2,1-5H3,(H,20,21);1H. The van der Waals surface area contributed by atoms with Crippen LogP contribution in [0.1, 0.15) is 38.6 Å². The van der Waals surface area contributed by atoms with Gasteiger partial charge >= 0.3 is 6.09 Å². The van der Waals surface area contributed by atoms with Crippen molar-refractivity contribution in [1.29, 1.82) is 0 Å². The number of piperazine rings is 1. The van der Waals surface area contributed by atoms with Gasteiger partial charge in [0.25, 0.3) is 0 Å². The van der Waals surface area contributed by atoms with Gasteiger partial charge in [-0.15, -0.1) is 24.0 Å². The van der Waals surface area contributed by atoms with Crippen LogP contribution in [0.4, 0.5) is 4.79 Å². The van der Waals surface area contributed by atoms with Crippen LogP contribution in [0, 0.1) is 13.8 Å². The maximum absolute atomic E-state index is 12.3. The van der Waals surface area contributed by atoms with Crippen LogP contribution in [0.15, 0.2) is 11.1 Å². The molecule has 158 valence electrons. The Bertz CT molecular complexity index is 712. The van der Waals surface area contributed by atoms with Crippen molar-refractivity contribution in [1.82, 2.24) is 24.9 Å². The van der Waals surface area contributed by atoms with Gasteiger partial charge in [0.05, 0.1) is 18.3 Å². The van der Waals surface area contributed by atoms with Crippen LogP contribution in [-0.4, -0.2) is 76.0 Å². The number of nitrogens with zero attached hydrogens (tertiary/aromatic N) is 5. The molecule has 1 aromatic heterocycles. The quantitative estimate of drug-likeness (QED) is 0.504. The molecule has 1 unspecified atom stereocenters. The Balaban J connectivity index is 0.00000280. The molecule has 9 heteroatoms. The summed E-state index contributed by atoms with van der Waals surface area (Å²) in [6, 6.07) is 2.34. The van der Waals surface area contributed by atoms with Crippen molar-refractivity contribution in [2.75, 3.05) is 32.7 Å². The number of nitrogens with one attached hydrogen (secondary N) is 1. The lowest BCUT2D eigenvalue weighted by molar-refractivity contribution is 0.0137. The highest BCUT2D eigenvalue weighted by molar-refractivity contribution is 14.0. The molecule has 1 fully saturated rings. The number of fused-ring (bicyclic) bond motifs is 1. The summed E-state index contributed by atoms with van der Waals surface area (Å²) in [5, 5.41) is 7.95. The maximum Gasteiger partial charge on any atom is 0.410 e. The minimum atomic E-state index is -0.460. The molecule has 0 radical (unpaired) electrons. The first-order valence-corrected chi connectivity index (χ1v) is 9.77. The molecule has 0 spiro atoms. The summed E-state index contributed by atoms with van der Waals surface area (Å²) in [6.45, 7) is 14.4. The third kappa shape index (κ3) is 5.74. The summed E-state index contributed by atoms with van der Waals surface area (Å²) in [5.74, 6) is 0.956. The van der Waals surface area contributed by atoms with Gasteiger partial charge in [0.2, 0.25) is 0 Å². The Kier molecular flexibility index (Phi) is 7.58. The highest BCUT2D eigenvalue weighted by Crippen LogP contribution is 2.18. The second kappa shape index (κ2) is 9.32. The number of halogens is 1. The molecule has 1 N–H and O–H groups in total. The van der Waals surface area contributed by atoms with E-state index in [1.165, 1.54) is 5.69 Å². The van der Waals surface area contributed by atoms with Crippen molar-refractivity contribution in [3.63, 3.8) is 0 Å². The summed E-state index contributed by atoms with van der Waals surface area (Å²) in [5.41, 5.74) is 1.80. The fourth-order valence-corrected chi connectivity index (χ4v) is 3.55. The van der Waals surface area contributed by atoms with Crippen molar-refractivity contribution in [3.05, 3.63) is 17.5 Å². The van der Waals surface area contributed by atoms with Gasteiger partial charge in [0, 0.05) is 38.4 Å². The number of hydrogen-bond donors (Lipinski definition) is 1. The van der Waals surface area contributed by atoms with Gasteiger partial charge in [0.15, 0.2) is 5.96 Å². The van der Waals surface area contributed by atoms with Crippen molar-refractivity contribution >= 4 is 36.0 Å². The van der Waals surface area contributed by atoms with E-state index in [4.69, 9.17) is 4.74 Å². The number of hydrogen-bond acceptors (Lipinski definition) is 6. The van der Waals surface area contributed by atoms with E-state index in [1.807, 2.05) is 27.7 Å². The predicted octanol–water partition coefficient (Wildman–Crippen LogP) is 2.39. The molecule has 0 aromatic carbocycles. The fourth-order valence-electron chi connectivity index (χ4n) is 3.55. The number of carbonyl (C=O) groups excluding carboxylic acids is 1. The summed E-state index contributed by atoms with van der Waals surface area (Å²) < 4.78 is 7.54. The van der Waals surface area contributed by atoms with E-state index in [0.717, 1.165) is 44.3 Å². The maximum atomic E-state index is 12.3. The molecule has 0 aliphatic carbocycles. The van der Waals surface area contributed by atoms with Crippen molar-refractivity contribution in [2.24, 2.45) is 4.99 Å². The first-order valence-electron chi connectivity index (χ1n) is 9.77. The van der Waals surface area contributed by atoms with Crippen molar-refractivity contribution in [2.45, 2.75) is 59.2 Å². The lowest BCUT2D eigenvalue weighted by Gasteiger charge is -2.39. The van der Waals surface area contributed by atoms with E-state index in [1.54, 1.807) is 4.90 Å². The fraction of sp³-hybridized carbons (Fsp3) is 0.737. The number of aromatic nitrogens is 2. The van der Waals surface area contributed by atoms with Gasteiger partial charge in [-0.3, -0.25) is 9.67 Å². The first kappa shape index (κ1) is 22.8. The van der Waals surface area contributed by atoms with Crippen LogP contribution in [0.5, 0.6) is 0 Å². The number of ether oxygens (including phenoxy) is 1. The lowest BCUT2D eigenvalue weighted by Crippen LogP contribution is -2.57. The molecule has 1 aromatic rings. The third-order valence-electron chi connectivity index (χ3n) is 4.79. The molecule has 0 saturated carbocycles. The smallest absolute Gasteiger partial charge is 0.410 e. The van der Waals surface area contributed by atoms with Crippen molar-refractivity contribution < 1.29 is 9.53 Å². The molecule has 1 saturated heterocycles. The molecule has 0 bridgehead atoms. The van der Waals surface area contributed by atoms with E-state index >= 15 is 0 Å². The van der Waals surface area contributed by atoms with Gasteiger partial charge < -0.3 is 19.9 Å². The van der Waals surface area contributed by atoms with E-state index in [-0.39, 0.29) is 36.1 Å². The normalized spacial score (nSPS) is 19.0. The predicted molar refractivity (Wildman–Crippen MR) is 120 cm³/mol. The van der Waals surface area contributed by atoms with Crippen LogP contribution in [-0.2, 0) is 11.3 Å². The number of aliphatic imine (C=N–C) groups is 1. The summed E-state index contributed by atoms with van der Waals surface area (Å²) in [7, 11) is 0. The van der Waals surface area contributed by atoms with Crippen LogP contribution in [0.25, 0.3) is 0 Å². The molecule has 1 atom stereocenters. The number of rotatable bonds is 4. The van der Waals surface area contributed by atoms with Crippen LogP contribution in [0.2, 0.25) is 0 Å². The zero-order valence-electron chi connectivity index (χ0n) is 17.6. The Morgan fingerprint density at radius 2 is 2.07 bits per heavy atom. The van der Waals surface area contributed by atoms with Gasteiger partial charge in [-0.2, -0.15) is 5.10 Å². The SMILES string of the molecule is Cc1cc(C)n(CCCNC2=NCC3CN(C(=O)OC(C)(C)C)CCN23)n1.I. The molecule has 2 aliphatic heterocycles. The Labute approximate surface area is 184 Å². The zero-order chi connectivity index (χ0) is 19.6. The number of amides is 1. The third-order valence-corrected chi connectivity index (χ3v) is 4.79. The zero-order valence-corrected chi connectivity index (χ0v) is 19.9. The van der Waals surface area contributed by atoms with E-state index in [9.17, 15) is 4.79 Å². The molecule has 8 nitrogen and oxygen atoms in total. The largest absolute Gasteiger partial charge is 0.444 e. The first-order chi connectivity index (χ1) is 12.7. The van der Waals surface area contributed by atoms with Gasteiger partial charge in [0.1, 0.15) is 5.60 Å². The summed E-state index contributed by atoms with van der Waals surface area (Å²) in [4.78, 5) is 21.0. The average Bonchev–Trinajstić information content (AvgIpc) is 3.12. The molecule has 3 heterocycles. The number of carbonyl (C=O) groups is 1. The lowest BCUT2D eigenvalue weighted by atomic mass is 10.2. The second-order valence-electron chi connectivity index (χ2n) is 8.37. The van der Waals surface area contributed by atoms with Crippen LogP contribution >= 0.6 is 24.0 Å². The van der Waals surface area contributed by atoms with Gasteiger partial charge in [-0.25, -0.2) is 4.79 Å². The molecule has 1 amide bonds. The molecule has 2 aliphatic rings. The van der Waals surface area contributed by atoms with Gasteiger partial charge in [-0.1, -0.05) is 0 Å². The average molecular weight is 504 g/mol. The highest BCUT2D eigenvalue weighted by atomic mass is 127. The Hall–Kier alpha value is -1.52. The summed E-state index contributed by atoms with van der Waals surface area (Å²) in [6.07, 6.45) is 0.761. The van der Waals surface area contributed by atoms with E-state index in [0.29, 0.717) is 13.1 Å². The van der Waals surface area contributed by atoms with Crippen molar-refractivity contribution in [3.8, 4) is 0 Å². The van der Waals surface area contributed by atoms with Crippen LogP contribution in [0.3, 0.4) is 0 Å². The van der Waals surface area contributed by atoms with E-state index < -0.39 is 5.60 Å². The van der Waals surface area contributed by atoms with Crippen LogP contribution < -0.4 is 5.32 Å². The number of aryl methyl sites for hydroxylation is 3. The molecule has 28 heavy (non-hydrogen) atoms. The minimum absolute atomic E-state index is 0. The summed E-state index contributed by atoms with van der Waals surface area (Å²) >= 11 is 0. The molecular formula is C19H33IN6O2. The number of guanidine groups is 1. The monoisotopic (exact) mass is 504 g/mol. The second-order valence-corrected chi connectivity index (χ2v) is 8.37. The minimum Gasteiger partial charge on any atom is -0.444 e. The Morgan fingerprint density at radius 1 is 1.32 bits per heavy atom. The molecule has 3 rings (SSSR count). The van der Waals surface area contributed by atoms with E-state index in [2.05, 4.69) is 38.0 Å².